The smallest absolute Gasteiger partial charge is 0.225 e. The highest BCUT2D eigenvalue weighted by atomic mass is 15.2. The van der Waals surface area contributed by atoms with Crippen molar-refractivity contribution < 1.29 is 0 Å². The van der Waals surface area contributed by atoms with Crippen LogP contribution >= 0.6 is 0 Å². The van der Waals surface area contributed by atoms with Gasteiger partial charge < -0.3 is 10.6 Å². The monoisotopic (exact) mass is 222 g/mol. The Hall–Kier alpha value is -1.16. The SMILES string of the molecule is Cc1cc(CN)nc(N(C)CC(C)(C)C)n1. The van der Waals surface area contributed by atoms with Crippen molar-refractivity contribution in [2.45, 2.75) is 34.2 Å². The summed E-state index contributed by atoms with van der Waals surface area (Å²) in [4.78, 5) is 10.9. The zero-order valence-corrected chi connectivity index (χ0v) is 10.9. The average Bonchev–Trinajstić information content (AvgIpc) is 2.14. The molecule has 0 fully saturated rings. The largest absolute Gasteiger partial charge is 0.343 e. The fourth-order valence-electron chi connectivity index (χ4n) is 1.67. The Balaban J connectivity index is 2.90. The van der Waals surface area contributed by atoms with Gasteiger partial charge in [0.1, 0.15) is 0 Å². The van der Waals surface area contributed by atoms with Crippen LogP contribution in [0.25, 0.3) is 0 Å². The van der Waals surface area contributed by atoms with Gasteiger partial charge >= 0.3 is 0 Å². The third-order valence-electron chi connectivity index (χ3n) is 2.16. The molecule has 0 bridgehead atoms. The number of aromatic nitrogens is 2. The molecule has 0 aliphatic heterocycles. The van der Waals surface area contributed by atoms with Crippen LogP contribution in [0.4, 0.5) is 5.95 Å². The number of hydrogen-bond donors (Lipinski definition) is 1. The number of hydrogen-bond acceptors (Lipinski definition) is 4. The Kier molecular flexibility index (Phi) is 3.86. The molecule has 0 aromatic carbocycles. The van der Waals surface area contributed by atoms with Crippen molar-refractivity contribution in [2.75, 3.05) is 18.5 Å². The van der Waals surface area contributed by atoms with Crippen LogP contribution < -0.4 is 10.6 Å². The molecule has 2 N–H and O–H groups in total. The second-order valence-electron chi connectivity index (χ2n) is 5.42. The van der Waals surface area contributed by atoms with E-state index in [0.29, 0.717) is 6.54 Å². The lowest BCUT2D eigenvalue weighted by Crippen LogP contribution is -2.30. The molecule has 0 aliphatic carbocycles. The van der Waals surface area contributed by atoms with Crippen molar-refractivity contribution in [3.05, 3.63) is 17.5 Å². The summed E-state index contributed by atoms with van der Waals surface area (Å²) >= 11 is 0. The van der Waals surface area contributed by atoms with E-state index in [4.69, 9.17) is 5.73 Å². The molecule has 4 heteroatoms. The Morgan fingerprint density at radius 2 is 1.94 bits per heavy atom. The molecule has 1 aromatic rings. The first-order valence-electron chi connectivity index (χ1n) is 5.57. The lowest BCUT2D eigenvalue weighted by molar-refractivity contribution is 0.416. The third kappa shape index (κ3) is 3.77. The summed E-state index contributed by atoms with van der Waals surface area (Å²) in [6.07, 6.45) is 0. The van der Waals surface area contributed by atoms with Gasteiger partial charge in [0.15, 0.2) is 0 Å². The van der Waals surface area contributed by atoms with Gasteiger partial charge in [-0.05, 0) is 18.4 Å². The Bertz CT molecular complexity index is 355. The lowest BCUT2D eigenvalue weighted by Gasteiger charge is -2.26. The van der Waals surface area contributed by atoms with E-state index in [1.54, 1.807) is 0 Å². The minimum Gasteiger partial charge on any atom is -0.343 e. The van der Waals surface area contributed by atoms with Crippen LogP contribution in [0.1, 0.15) is 32.2 Å². The summed E-state index contributed by atoms with van der Waals surface area (Å²) in [5, 5.41) is 0. The molecule has 0 radical (unpaired) electrons. The highest BCUT2D eigenvalue weighted by Gasteiger charge is 2.16. The maximum atomic E-state index is 5.61. The minimum atomic E-state index is 0.227. The zero-order valence-electron chi connectivity index (χ0n) is 10.9. The molecule has 1 rings (SSSR count). The van der Waals surface area contributed by atoms with E-state index in [2.05, 4.69) is 35.6 Å². The third-order valence-corrected chi connectivity index (χ3v) is 2.16. The molecular weight excluding hydrogens is 200 g/mol. The molecule has 0 unspecified atom stereocenters. The molecule has 0 aliphatic rings. The Morgan fingerprint density at radius 3 is 2.44 bits per heavy atom. The van der Waals surface area contributed by atoms with Crippen LogP contribution in [0.3, 0.4) is 0 Å². The number of rotatable bonds is 3. The zero-order chi connectivity index (χ0) is 12.3. The normalized spacial score (nSPS) is 11.6. The van der Waals surface area contributed by atoms with E-state index < -0.39 is 0 Å². The number of aryl methyl sites for hydroxylation is 1. The summed E-state index contributed by atoms with van der Waals surface area (Å²) < 4.78 is 0. The summed E-state index contributed by atoms with van der Waals surface area (Å²) in [7, 11) is 2.01. The first-order valence-corrected chi connectivity index (χ1v) is 5.57. The van der Waals surface area contributed by atoms with Gasteiger partial charge in [0, 0.05) is 25.8 Å². The predicted molar refractivity (Wildman–Crippen MR) is 67.4 cm³/mol. The first-order chi connectivity index (χ1) is 7.31. The van der Waals surface area contributed by atoms with Crippen molar-refractivity contribution >= 4 is 5.95 Å². The highest BCUT2D eigenvalue weighted by Crippen LogP contribution is 2.17. The second-order valence-corrected chi connectivity index (χ2v) is 5.42. The molecule has 16 heavy (non-hydrogen) atoms. The fraction of sp³-hybridized carbons (Fsp3) is 0.667. The van der Waals surface area contributed by atoms with E-state index in [1.165, 1.54) is 0 Å². The van der Waals surface area contributed by atoms with Gasteiger partial charge in [-0.1, -0.05) is 20.8 Å². The standard InChI is InChI=1S/C12H22N4/c1-9-6-10(7-13)15-11(14-9)16(5)8-12(2,3)4/h6H,7-8,13H2,1-5H3. The molecule has 0 spiro atoms. The number of anilines is 1. The van der Waals surface area contributed by atoms with E-state index in [1.807, 2.05) is 20.0 Å². The van der Waals surface area contributed by atoms with E-state index in [0.717, 1.165) is 23.9 Å². The Morgan fingerprint density at radius 1 is 1.31 bits per heavy atom. The summed E-state index contributed by atoms with van der Waals surface area (Å²) in [5.41, 5.74) is 7.69. The van der Waals surface area contributed by atoms with Gasteiger partial charge in [-0.15, -0.1) is 0 Å². The van der Waals surface area contributed by atoms with Crippen molar-refractivity contribution in [3.63, 3.8) is 0 Å². The second kappa shape index (κ2) is 4.78. The molecule has 0 atom stereocenters. The number of nitrogens with zero attached hydrogens (tertiary/aromatic N) is 3. The first kappa shape index (κ1) is 12.9. The molecule has 0 saturated heterocycles. The maximum Gasteiger partial charge on any atom is 0.225 e. The Labute approximate surface area is 97.9 Å². The molecule has 0 saturated carbocycles. The number of nitrogens with two attached hydrogens (primary N) is 1. The van der Waals surface area contributed by atoms with Crippen molar-refractivity contribution in [1.82, 2.24) is 9.97 Å². The quantitative estimate of drug-likeness (QED) is 0.846. The van der Waals surface area contributed by atoms with Crippen LogP contribution in [0, 0.1) is 12.3 Å². The predicted octanol–water partition coefficient (Wildman–Crippen LogP) is 1.73. The van der Waals surface area contributed by atoms with Crippen LogP contribution in [0.15, 0.2) is 6.07 Å². The van der Waals surface area contributed by atoms with E-state index >= 15 is 0 Å². The average molecular weight is 222 g/mol. The summed E-state index contributed by atoms with van der Waals surface area (Å²) in [6, 6.07) is 1.93. The van der Waals surface area contributed by atoms with Crippen LogP contribution in [-0.2, 0) is 6.54 Å². The topological polar surface area (TPSA) is 55.0 Å². The molecule has 90 valence electrons. The van der Waals surface area contributed by atoms with Crippen molar-refractivity contribution in [1.29, 1.82) is 0 Å². The van der Waals surface area contributed by atoms with Gasteiger partial charge in [0.05, 0.1) is 5.69 Å². The molecular formula is C12H22N4. The molecule has 4 nitrogen and oxygen atoms in total. The van der Waals surface area contributed by atoms with E-state index in [-0.39, 0.29) is 5.41 Å². The maximum absolute atomic E-state index is 5.61. The van der Waals surface area contributed by atoms with Gasteiger partial charge in [0.2, 0.25) is 5.95 Å². The summed E-state index contributed by atoms with van der Waals surface area (Å²) in [6.45, 7) is 9.94. The van der Waals surface area contributed by atoms with E-state index in [9.17, 15) is 0 Å². The summed E-state index contributed by atoms with van der Waals surface area (Å²) in [5.74, 6) is 0.760. The minimum absolute atomic E-state index is 0.227. The van der Waals surface area contributed by atoms with Gasteiger partial charge in [-0.3, -0.25) is 0 Å². The van der Waals surface area contributed by atoms with Gasteiger partial charge in [-0.25, -0.2) is 9.97 Å². The fourth-order valence-corrected chi connectivity index (χ4v) is 1.67. The van der Waals surface area contributed by atoms with Gasteiger partial charge in [0.25, 0.3) is 0 Å². The lowest BCUT2D eigenvalue weighted by atomic mass is 9.96. The molecule has 1 aromatic heterocycles. The molecule has 0 amide bonds. The van der Waals surface area contributed by atoms with Crippen molar-refractivity contribution in [2.24, 2.45) is 11.1 Å². The highest BCUT2D eigenvalue weighted by molar-refractivity contribution is 5.31. The molecule has 1 heterocycles. The van der Waals surface area contributed by atoms with Crippen LogP contribution in [0.5, 0.6) is 0 Å². The van der Waals surface area contributed by atoms with Crippen LogP contribution in [0.2, 0.25) is 0 Å². The van der Waals surface area contributed by atoms with Gasteiger partial charge in [-0.2, -0.15) is 0 Å². The van der Waals surface area contributed by atoms with Crippen LogP contribution in [-0.4, -0.2) is 23.6 Å². The van der Waals surface area contributed by atoms with Crippen molar-refractivity contribution in [3.8, 4) is 0 Å².